The monoisotopic (exact) mass is 168 g/mol. The summed E-state index contributed by atoms with van der Waals surface area (Å²) in [6.07, 6.45) is 5.97. The molecule has 0 aliphatic carbocycles. The Bertz CT molecular complexity index is 186. The molecule has 0 aromatic carbocycles. The van der Waals surface area contributed by atoms with Crippen LogP contribution in [0.15, 0.2) is 0 Å². The quantitative estimate of drug-likeness (QED) is 0.580. The maximum atomic E-state index is 11.1. The lowest BCUT2D eigenvalue weighted by molar-refractivity contribution is -0.127. The molecule has 0 spiro atoms. The van der Waals surface area contributed by atoms with Crippen molar-refractivity contribution >= 4 is 5.78 Å². The minimum atomic E-state index is -0.324. The van der Waals surface area contributed by atoms with Crippen molar-refractivity contribution in [3.63, 3.8) is 0 Å². The molecular formula is C9H12O3. The fourth-order valence-electron chi connectivity index (χ4n) is 1.02. The number of terminal acetylenes is 1. The highest BCUT2D eigenvalue weighted by Crippen LogP contribution is 2.09. The van der Waals surface area contributed by atoms with Gasteiger partial charge in [-0.2, -0.15) is 0 Å². The van der Waals surface area contributed by atoms with Gasteiger partial charge in [0.1, 0.15) is 5.78 Å². The molecule has 0 unspecified atom stereocenters. The molecule has 0 amide bonds. The summed E-state index contributed by atoms with van der Waals surface area (Å²) in [5.74, 6) is 2.53. The zero-order valence-corrected chi connectivity index (χ0v) is 6.91. The van der Waals surface area contributed by atoms with E-state index in [0.717, 1.165) is 0 Å². The molecule has 0 bridgehead atoms. The topological polar surface area (TPSA) is 35.5 Å². The fourth-order valence-corrected chi connectivity index (χ4v) is 1.02. The van der Waals surface area contributed by atoms with Crippen LogP contribution in [0.25, 0.3) is 0 Å². The van der Waals surface area contributed by atoms with Crippen molar-refractivity contribution in [2.75, 3.05) is 13.2 Å². The smallest absolute Gasteiger partial charge is 0.164 e. The van der Waals surface area contributed by atoms with Crippen LogP contribution >= 0.6 is 0 Å². The number of carbonyl (C=O) groups is 1. The third-order valence-corrected chi connectivity index (χ3v) is 1.63. The highest BCUT2D eigenvalue weighted by atomic mass is 16.7. The molecule has 0 aromatic heterocycles. The van der Waals surface area contributed by atoms with E-state index in [1.54, 1.807) is 0 Å². The van der Waals surface area contributed by atoms with Crippen LogP contribution in [0.2, 0.25) is 0 Å². The first-order valence-electron chi connectivity index (χ1n) is 4.01. The van der Waals surface area contributed by atoms with Crippen LogP contribution in [0.1, 0.15) is 19.3 Å². The molecule has 66 valence electrons. The first-order chi connectivity index (χ1) is 5.83. The summed E-state index contributed by atoms with van der Waals surface area (Å²) < 4.78 is 10.2. The van der Waals surface area contributed by atoms with Gasteiger partial charge in [-0.1, -0.05) is 0 Å². The van der Waals surface area contributed by atoms with Gasteiger partial charge in [0.25, 0.3) is 0 Å². The van der Waals surface area contributed by atoms with Crippen molar-refractivity contribution in [1.82, 2.24) is 0 Å². The largest absolute Gasteiger partial charge is 0.350 e. The molecule has 1 saturated heterocycles. The van der Waals surface area contributed by atoms with Crippen LogP contribution in [-0.2, 0) is 14.3 Å². The molecule has 0 aromatic rings. The summed E-state index contributed by atoms with van der Waals surface area (Å²) >= 11 is 0. The molecule has 12 heavy (non-hydrogen) atoms. The van der Waals surface area contributed by atoms with Gasteiger partial charge in [-0.25, -0.2) is 0 Å². The zero-order chi connectivity index (χ0) is 8.81. The van der Waals surface area contributed by atoms with Gasteiger partial charge in [0.15, 0.2) is 6.29 Å². The van der Waals surface area contributed by atoms with Crippen LogP contribution in [0.4, 0.5) is 0 Å². The van der Waals surface area contributed by atoms with Crippen molar-refractivity contribution in [2.24, 2.45) is 0 Å². The highest BCUT2D eigenvalue weighted by Gasteiger charge is 2.18. The minimum absolute atomic E-state index is 0.111. The van der Waals surface area contributed by atoms with Crippen molar-refractivity contribution < 1.29 is 14.3 Å². The summed E-state index contributed by atoms with van der Waals surface area (Å²) in [7, 11) is 0. The summed E-state index contributed by atoms with van der Waals surface area (Å²) in [6, 6.07) is 0. The van der Waals surface area contributed by atoms with Crippen LogP contribution in [0.5, 0.6) is 0 Å². The molecular weight excluding hydrogens is 156 g/mol. The predicted octanol–water partition coefficient (Wildman–Crippen LogP) is 0.732. The third kappa shape index (κ3) is 3.04. The summed E-state index contributed by atoms with van der Waals surface area (Å²) in [5, 5.41) is 0. The van der Waals surface area contributed by atoms with E-state index in [2.05, 4.69) is 5.92 Å². The second-order valence-electron chi connectivity index (χ2n) is 2.62. The summed E-state index contributed by atoms with van der Waals surface area (Å²) in [4.78, 5) is 11.1. The Balaban J connectivity index is 2.13. The second-order valence-corrected chi connectivity index (χ2v) is 2.62. The van der Waals surface area contributed by atoms with Gasteiger partial charge in [0, 0.05) is 12.8 Å². The first kappa shape index (κ1) is 9.24. The molecule has 1 fully saturated rings. The molecule has 0 atom stereocenters. The number of ketones is 1. The number of carbonyl (C=O) groups excluding carboxylic acids is 1. The Morgan fingerprint density at radius 1 is 1.50 bits per heavy atom. The summed E-state index contributed by atoms with van der Waals surface area (Å²) in [5.41, 5.74) is 0. The van der Waals surface area contributed by atoms with Gasteiger partial charge in [0.05, 0.1) is 19.6 Å². The fraction of sp³-hybridized carbons (Fsp3) is 0.667. The predicted molar refractivity (Wildman–Crippen MR) is 43.4 cm³/mol. The van der Waals surface area contributed by atoms with Gasteiger partial charge in [0.2, 0.25) is 0 Å². The molecule has 3 heteroatoms. The van der Waals surface area contributed by atoms with Crippen LogP contribution in [-0.4, -0.2) is 25.3 Å². The average Bonchev–Trinajstić information content (AvgIpc) is 2.53. The normalized spacial score (nSPS) is 17.6. The average molecular weight is 168 g/mol. The van der Waals surface area contributed by atoms with Gasteiger partial charge >= 0.3 is 0 Å². The van der Waals surface area contributed by atoms with Gasteiger partial charge in [-0.05, 0) is 0 Å². The molecule has 0 radical (unpaired) electrons. The van der Waals surface area contributed by atoms with Crippen molar-refractivity contribution in [3.05, 3.63) is 0 Å². The molecule has 1 heterocycles. The maximum Gasteiger partial charge on any atom is 0.164 e. The minimum Gasteiger partial charge on any atom is -0.350 e. The van der Waals surface area contributed by atoms with Crippen molar-refractivity contribution in [1.29, 1.82) is 0 Å². The van der Waals surface area contributed by atoms with E-state index in [9.17, 15) is 4.79 Å². The molecule has 0 N–H and O–H groups in total. The lowest BCUT2D eigenvalue weighted by atomic mass is 10.2. The lowest BCUT2D eigenvalue weighted by Gasteiger charge is -2.06. The van der Waals surface area contributed by atoms with Crippen molar-refractivity contribution in [2.45, 2.75) is 25.6 Å². The van der Waals surface area contributed by atoms with E-state index in [-0.39, 0.29) is 12.1 Å². The van der Waals surface area contributed by atoms with E-state index in [0.29, 0.717) is 32.5 Å². The number of ether oxygens (including phenoxy) is 2. The van der Waals surface area contributed by atoms with Crippen LogP contribution in [0, 0.1) is 12.3 Å². The SMILES string of the molecule is C#CCCC(=O)CC1OCCO1. The van der Waals surface area contributed by atoms with Crippen LogP contribution < -0.4 is 0 Å². The van der Waals surface area contributed by atoms with E-state index in [4.69, 9.17) is 15.9 Å². The van der Waals surface area contributed by atoms with E-state index in [1.165, 1.54) is 0 Å². The zero-order valence-electron chi connectivity index (χ0n) is 6.91. The standard InChI is InChI=1S/C9H12O3/c1-2-3-4-8(10)7-9-11-5-6-12-9/h1,9H,3-7H2. The molecule has 1 aliphatic heterocycles. The number of hydrogen-bond acceptors (Lipinski definition) is 3. The number of hydrogen-bond donors (Lipinski definition) is 0. The van der Waals surface area contributed by atoms with Crippen molar-refractivity contribution in [3.8, 4) is 12.3 Å². The molecule has 3 nitrogen and oxygen atoms in total. The van der Waals surface area contributed by atoms with Gasteiger partial charge in [-0.15, -0.1) is 12.3 Å². The van der Waals surface area contributed by atoms with Gasteiger partial charge < -0.3 is 9.47 Å². The number of Topliss-reactive ketones (excluding diaryl/α,β-unsaturated/α-hetero) is 1. The maximum absolute atomic E-state index is 11.1. The van der Waals surface area contributed by atoms with E-state index in [1.807, 2.05) is 0 Å². The molecule has 0 saturated carbocycles. The van der Waals surface area contributed by atoms with Crippen LogP contribution in [0.3, 0.4) is 0 Å². The lowest BCUT2D eigenvalue weighted by Crippen LogP contribution is -2.13. The Hall–Kier alpha value is -0.850. The van der Waals surface area contributed by atoms with E-state index >= 15 is 0 Å². The third-order valence-electron chi connectivity index (χ3n) is 1.63. The van der Waals surface area contributed by atoms with E-state index < -0.39 is 0 Å². The van der Waals surface area contributed by atoms with Gasteiger partial charge in [-0.3, -0.25) is 4.79 Å². The molecule has 1 rings (SSSR count). The second kappa shape index (κ2) is 4.91. The Morgan fingerprint density at radius 2 is 2.17 bits per heavy atom. The summed E-state index contributed by atoms with van der Waals surface area (Å²) in [6.45, 7) is 1.18. The molecule has 1 aliphatic rings. The Kier molecular flexibility index (Phi) is 3.78. The Labute approximate surface area is 72.0 Å². The first-order valence-corrected chi connectivity index (χ1v) is 4.01. The Morgan fingerprint density at radius 3 is 2.75 bits per heavy atom. The highest BCUT2D eigenvalue weighted by molar-refractivity contribution is 5.78. The number of rotatable bonds is 4.